The Hall–Kier alpha value is -4.33. The zero-order valence-corrected chi connectivity index (χ0v) is 16.0. The van der Waals surface area contributed by atoms with Crippen LogP contribution in [0.15, 0.2) is 71.5 Å². The van der Waals surface area contributed by atoms with Gasteiger partial charge in [0.15, 0.2) is 17.8 Å². The Morgan fingerprint density at radius 3 is 2.77 bits per heavy atom. The van der Waals surface area contributed by atoms with Crippen LogP contribution in [0.2, 0.25) is 0 Å². The maximum Gasteiger partial charge on any atom is 0.291 e. The fraction of sp³-hybridized carbons (Fsp3) is 0.0455. The fourth-order valence-electron chi connectivity index (χ4n) is 2.78. The number of anilines is 3. The number of carbonyl (C=O) groups excluding carboxylic acids is 2. The second-order valence-electron chi connectivity index (χ2n) is 6.44. The minimum atomic E-state index is -0.451. The summed E-state index contributed by atoms with van der Waals surface area (Å²) in [6, 6.07) is 13.9. The molecule has 0 unspecified atom stereocenters. The number of carbonyl (C=O) groups is 2. The van der Waals surface area contributed by atoms with Crippen molar-refractivity contribution in [3.05, 3.63) is 84.2 Å². The molecule has 1 aromatic carbocycles. The van der Waals surface area contributed by atoms with Gasteiger partial charge in [-0.3, -0.25) is 14.6 Å². The molecule has 0 fully saturated rings. The highest BCUT2D eigenvalue weighted by molar-refractivity contribution is 6.03. The number of furan rings is 1. The molecule has 2 N–H and O–H groups in total. The van der Waals surface area contributed by atoms with Crippen molar-refractivity contribution >= 4 is 29.5 Å². The first-order chi connectivity index (χ1) is 14.6. The molecule has 0 aliphatic carbocycles. The minimum absolute atomic E-state index is 0.0553. The lowest BCUT2D eigenvalue weighted by atomic mass is 10.1. The van der Waals surface area contributed by atoms with E-state index in [4.69, 9.17) is 4.42 Å². The third-order valence-electron chi connectivity index (χ3n) is 4.32. The van der Waals surface area contributed by atoms with Crippen molar-refractivity contribution in [2.24, 2.45) is 0 Å². The Labute approximate surface area is 172 Å². The van der Waals surface area contributed by atoms with Crippen LogP contribution < -0.4 is 10.6 Å². The summed E-state index contributed by atoms with van der Waals surface area (Å²) in [7, 11) is 0. The summed E-state index contributed by atoms with van der Waals surface area (Å²) in [5.74, 6) is 0.120. The van der Waals surface area contributed by atoms with E-state index in [1.54, 1.807) is 30.7 Å². The van der Waals surface area contributed by atoms with Gasteiger partial charge in [0, 0.05) is 35.5 Å². The molecule has 3 aromatic heterocycles. The Morgan fingerprint density at radius 2 is 2.00 bits per heavy atom. The first kappa shape index (κ1) is 19.0. The summed E-state index contributed by atoms with van der Waals surface area (Å²) in [4.78, 5) is 36.0. The number of aldehydes is 1. The van der Waals surface area contributed by atoms with Crippen LogP contribution in [0.25, 0.3) is 11.3 Å². The zero-order valence-electron chi connectivity index (χ0n) is 16.0. The number of pyridine rings is 1. The van der Waals surface area contributed by atoms with E-state index >= 15 is 0 Å². The summed E-state index contributed by atoms with van der Waals surface area (Å²) in [6.07, 6.45) is 5.65. The van der Waals surface area contributed by atoms with Gasteiger partial charge in [0.25, 0.3) is 5.91 Å². The number of aryl methyl sites for hydroxylation is 1. The summed E-state index contributed by atoms with van der Waals surface area (Å²) < 4.78 is 5.15. The number of hydrogen-bond acceptors (Lipinski definition) is 7. The van der Waals surface area contributed by atoms with E-state index in [1.807, 2.05) is 31.2 Å². The molecule has 30 heavy (non-hydrogen) atoms. The molecule has 8 nitrogen and oxygen atoms in total. The standard InChI is InChI=1S/C22H17N5O3/c1-14-4-5-16(25-21(29)20-7-6-17(13-28)30-20)11-19(14)27-22-24-10-8-18(26-22)15-3-2-9-23-12-15/h2-13H,1H3,(H,25,29)(H,24,26,27). The van der Waals surface area contributed by atoms with E-state index in [1.165, 1.54) is 12.1 Å². The molecule has 0 aliphatic rings. The smallest absolute Gasteiger partial charge is 0.291 e. The highest BCUT2D eigenvalue weighted by Crippen LogP contribution is 2.24. The molecule has 0 spiro atoms. The first-order valence-corrected chi connectivity index (χ1v) is 9.10. The molecule has 148 valence electrons. The lowest BCUT2D eigenvalue weighted by Crippen LogP contribution is -2.11. The average molecular weight is 399 g/mol. The quantitative estimate of drug-likeness (QED) is 0.466. The van der Waals surface area contributed by atoms with Crippen molar-refractivity contribution in [1.29, 1.82) is 0 Å². The highest BCUT2D eigenvalue weighted by Gasteiger charge is 2.12. The Kier molecular flexibility index (Phi) is 5.29. The van der Waals surface area contributed by atoms with Crippen LogP contribution in [-0.4, -0.2) is 27.1 Å². The SMILES string of the molecule is Cc1ccc(NC(=O)c2ccc(C=O)o2)cc1Nc1nccc(-c2cccnc2)n1. The van der Waals surface area contributed by atoms with Gasteiger partial charge >= 0.3 is 0 Å². The van der Waals surface area contributed by atoms with E-state index in [0.717, 1.165) is 22.5 Å². The third kappa shape index (κ3) is 4.22. The fourth-order valence-corrected chi connectivity index (χ4v) is 2.78. The molecule has 1 amide bonds. The molecule has 8 heteroatoms. The molecule has 3 heterocycles. The van der Waals surface area contributed by atoms with E-state index in [2.05, 4.69) is 25.6 Å². The lowest BCUT2D eigenvalue weighted by molar-refractivity contribution is 0.0992. The minimum Gasteiger partial charge on any atom is -0.448 e. The number of aromatic nitrogens is 3. The number of hydrogen-bond donors (Lipinski definition) is 2. The Balaban J connectivity index is 1.54. The maximum absolute atomic E-state index is 12.3. The van der Waals surface area contributed by atoms with Crippen molar-refractivity contribution in [2.45, 2.75) is 6.92 Å². The van der Waals surface area contributed by atoms with Crippen molar-refractivity contribution < 1.29 is 14.0 Å². The topological polar surface area (TPSA) is 110 Å². The molecule has 0 saturated heterocycles. The van der Waals surface area contributed by atoms with Crippen LogP contribution in [0, 0.1) is 6.92 Å². The number of nitrogens with one attached hydrogen (secondary N) is 2. The van der Waals surface area contributed by atoms with Gasteiger partial charge < -0.3 is 15.1 Å². The summed E-state index contributed by atoms with van der Waals surface area (Å²) in [5.41, 5.74) is 3.87. The summed E-state index contributed by atoms with van der Waals surface area (Å²) in [5, 5.41) is 5.93. The van der Waals surface area contributed by atoms with Gasteiger partial charge in [-0.1, -0.05) is 6.07 Å². The van der Waals surface area contributed by atoms with E-state index in [-0.39, 0.29) is 11.5 Å². The van der Waals surface area contributed by atoms with Crippen molar-refractivity contribution in [1.82, 2.24) is 15.0 Å². The maximum atomic E-state index is 12.3. The van der Waals surface area contributed by atoms with Gasteiger partial charge in [0.05, 0.1) is 5.69 Å². The molecule has 4 rings (SSSR count). The first-order valence-electron chi connectivity index (χ1n) is 9.10. The van der Waals surface area contributed by atoms with Crippen LogP contribution in [0.4, 0.5) is 17.3 Å². The molecule has 0 atom stereocenters. The van der Waals surface area contributed by atoms with Gasteiger partial charge in [0.2, 0.25) is 5.95 Å². The van der Waals surface area contributed by atoms with E-state index in [0.29, 0.717) is 17.9 Å². The van der Waals surface area contributed by atoms with Crippen LogP contribution >= 0.6 is 0 Å². The molecule has 0 bridgehead atoms. The van der Waals surface area contributed by atoms with Crippen molar-refractivity contribution in [2.75, 3.05) is 10.6 Å². The lowest BCUT2D eigenvalue weighted by Gasteiger charge is -2.11. The number of amides is 1. The van der Waals surface area contributed by atoms with Crippen molar-refractivity contribution in [3.8, 4) is 11.3 Å². The molecular formula is C22H17N5O3. The zero-order chi connectivity index (χ0) is 20.9. The molecule has 0 aliphatic heterocycles. The predicted octanol–water partition coefficient (Wildman–Crippen LogP) is 4.25. The number of benzene rings is 1. The molecule has 0 saturated carbocycles. The molecule has 4 aromatic rings. The Bertz CT molecular complexity index is 1200. The van der Waals surface area contributed by atoms with Crippen LogP contribution in [0.5, 0.6) is 0 Å². The second kappa shape index (κ2) is 8.36. The normalized spacial score (nSPS) is 10.4. The summed E-state index contributed by atoms with van der Waals surface area (Å²) in [6.45, 7) is 1.93. The summed E-state index contributed by atoms with van der Waals surface area (Å²) >= 11 is 0. The van der Waals surface area contributed by atoms with Gasteiger partial charge in [0.1, 0.15) is 0 Å². The highest BCUT2D eigenvalue weighted by atomic mass is 16.4. The second-order valence-corrected chi connectivity index (χ2v) is 6.44. The van der Waals surface area contributed by atoms with Crippen LogP contribution in [0.3, 0.4) is 0 Å². The van der Waals surface area contributed by atoms with Gasteiger partial charge in [-0.2, -0.15) is 0 Å². The third-order valence-corrected chi connectivity index (χ3v) is 4.32. The van der Waals surface area contributed by atoms with Crippen LogP contribution in [-0.2, 0) is 0 Å². The largest absolute Gasteiger partial charge is 0.448 e. The predicted molar refractivity (Wildman–Crippen MR) is 112 cm³/mol. The number of rotatable bonds is 6. The van der Waals surface area contributed by atoms with Gasteiger partial charge in [-0.15, -0.1) is 0 Å². The molecular weight excluding hydrogens is 382 g/mol. The molecule has 0 radical (unpaired) electrons. The number of nitrogens with zero attached hydrogens (tertiary/aromatic N) is 3. The monoisotopic (exact) mass is 399 g/mol. The van der Waals surface area contributed by atoms with Crippen LogP contribution in [0.1, 0.15) is 26.7 Å². The van der Waals surface area contributed by atoms with Gasteiger partial charge in [-0.05, 0) is 55.0 Å². The van der Waals surface area contributed by atoms with E-state index < -0.39 is 5.91 Å². The average Bonchev–Trinajstić information content (AvgIpc) is 3.26. The Morgan fingerprint density at radius 1 is 1.10 bits per heavy atom. The van der Waals surface area contributed by atoms with Gasteiger partial charge in [-0.25, -0.2) is 9.97 Å². The van der Waals surface area contributed by atoms with E-state index in [9.17, 15) is 9.59 Å². The van der Waals surface area contributed by atoms with Crippen molar-refractivity contribution in [3.63, 3.8) is 0 Å².